The number of halogens is 3. The summed E-state index contributed by atoms with van der Waals surface area (Å²) in [5, 5.41) is 3.46. The Bertz CT molecular complexity index is 335. The minimum atomic E-state index is -4.21. The molecule has 0 aromatic carbocycles. The van der Waals surface area contributed by atoms with Crippen LogP contribution in [0.4, 0.5) is 13.2 Å². The van der Waals surface area contributed by atoms with Gasteiger partial charge in [-0.25, -0.2) is 0 Å². The molecule has 1 aromatic heterocycles. The van der Waals surface area contributed by atoms with E-state index in [0.29, 0.717) is 0 Å². The summed E-state index contributed by atoms with van der Waals surface area (Å²) in [5.41, 5.74) is 5.71. The first-order chi connectivity index (χ1) is 7.29. The van der Waals surface area contributed by atoms with E-state index in [0.717, 1.165) is 0 Å². The molecule has 0 bridgehead atoms. The summed E-state index contributed by atoms with van der Waals surface area (Å²) in [6, 6.07) is -0.438. The Hall–Kier alpha value is -1.11. The summed E-state index contributed by atoms with van der Waals surface area (Å²) < 4.78 is 40.6. The molecule has 1 aromatic rings. The Morgan fingerprint density at radius 2 is 2.00 bits per heavy atom. The van der Waals surface area contributed by atoms with Gasteiger partial charge >= 0.3 is 6.18 Å². The number of aromatic nitrogens is 2. The average Bonchev–Trinajstić information content (AvgIpc) is 2.60. The van der Waals surface area contributed by atoms with Gasteiger partial charge in [0.2, 0.25) is 5.89 Å². The lowest BCUT2D eigenvalue weighted by atomic mass is 10.1. The molecule has 0 amide bonds. The SMILES string of the molecule is CC(C)C(N)c1nc(CCC(F)(F)F)no1. The van der Waals surface area contributed by atoms with Gasteiger partial charge in [0.25, 0.3) is 0 Å². The topological polar surface area (TPSA) is 64.9 Å². The lowest BCUT2D eigenvalue weighted by Gasteiger charge is -2.09. The van der Waals surface area contributed by atoms with Crippen LogP contribution < -0.4 is 5.73 Å². The van der Waals surface area contributed by atoms with Crippen molar-refractivity contribution in [3.05, 3.63) is 11.7 Å². The number of alkyl halides is 3. The van der Waals surface area contributed by atoms with E-state index in [2.05, 4.69) is 10.1 Å². The van der Waals surface area contributed by atoms with Crippen LogP contribution in [0.3, 0.4) is 0 Å². The summed E-state index contributed by atoms with van der Waals surface area (Å²) in [4.78, 5) is 3.83. The van der Waals surface area contributed by atoms with Crippen LogP contribution in [0, 0.1) is 5.92 Å². The smallest absolute Gasteiger partial charge is 0.338 e. The molecule has 0 saturated heterocycles. The van der Waals surface area contributed by atoms with Crippen LogP contribution in [0.2, 0.25) is 0 Å². The third kappa shape index (κ3) is 3.80. The van der Waals surface area contributed by atoms with Gasteiger partial charge in [0.05, 0.1) is 12.5 Å². The molecular weight excluding hydrogens is 223 g/mol. The lowest BCUT2D eigenvalue weighted by molar-refractivity contribution is -0.134. The highest BCUT2D eigenvalue weighted by atomic mass is 19.4. The number of nitrogens with zero attached hydrogens (tertiary/aromatic N) is 2. The van der Waals surface area contributed by atoms with Gasteiger partial charge in [-0.05, 0) is 5.92 Å². The zero-order valence-corrected chi connectivity index (χ0v) is 9.08. The zero-order valence-electron chi connectivity index (χ0n) is 9.08. The van der Waals surface area contributed by atoms with Gasteiger partial charge in [-0.1, -0.05) is 19.0 Å². The highest BCUT2D eigenvalue weighted by molar-refractivity contribution is 4.93. The maximum Gasteiger partial charge on any atom is 0.389 e. The Kier molecular flexibility index (Phi) is 3.90. The van der Waals surface area contributed by atoms with Crippen molar-refractivity contribution in [2.45, 2.75) is 38.9 Å². The molecule has 7 heteroatoms. The molecule has 0 radical (unpaired) electrons. The lowest BCUT2D eigenvalue weighted by Crippen LogP contribution is -2.17. The maximum atomic E-state index is 11.9. The van der Waals surface area contributed by atoms with E-state index < -0.39 is 18.6 Å². The standard InChI is InChI=1S/C9H14F3N3O/c1-5(2)7(13)8-14-6(15-16-8)3-4-9(10,11)12/h5,7H,3-4,13H2,1-2H3. The second kappa shape index (κ2) is 4.82. The second-order valence-corrected chi connectivity index (χ2v) is 3.93. The molecule has 1 unspecified atom stereocenters. The van der Waals surface area contributed by atoms with E-state index in [-0.39, 0.29) is 24.1 Å². The molecule has 0 aliphatic rings. The Morgan fingerprint density at radius 1 is 1.38 bits per heavy atom. The fourth-order valence-electron chi connectivity index (χ4n) is 1.04. The molecule has 0 fully saturated rings. The van der Waals surface area contributed by atoms with Gasteiger partial charge in [-0.2, -0.15) is 18.2 Å². The van der Waals surface area contributed by atoms with Gasteiger partial charge in [0, 0.05) is 6.42 Å². The van der Waals surface area contributed by atoms with Crippen molar-refractivity contribution in [1.82, 2.24) is 10.1 Å². The molecule has 1 heterocycles. The number of hydrogen-bond acceptors (Lipinski definition) is 4. The van der Waals surface area contributed by atoms with Crippen molar-refractivity contribution < 1.29 is 17.7 Å². The van der Waals surface area contributed by atoms with Crippen molar-refractivity contribution in [3.8, 4) is 0 Å². The quantitative estimate of drug-likeness (QED) is 0.872. The van der Waals surface area contributed by atoms with E-state index in [1.807, 2.05) is 13.8 Å². The van der Waals surface area contributed by atoms with Crippen LogP contribution in [0.25, 0.3) is 0 Å². The maximum absolute atomic E-state index is 11.9. The zero-order chi connectivity index (χ0) is 12.3. The molecular formula is C9H14F3N3O. The van der Waals surface area contributed by atoms with Crippen LogP contribution >= 0.6 is 0 Å². The first kappa shape index (κ1) is 13.0. The molecule has 1 atom stereocenters. The van der Waals surface area contributed by atoms with Crippen LogP contribution in [0.5, 0.6) is 0 Å². The summed E-state index contributed by atoms with van der Waals surface area (Å²) in [6.07, 6.45) is -5.44. The van der Waals surface area contributed by atoms with Crippen molar-refractivity contribution >= 4 is 0 Å². The largest absolute Gasteiger partial charge is 0.389 e. The minimum absolute atomic E-state index is 0.0448. The first-order valence-corrected chi connectivity index (χ1v) is 4.94. The minimum Gasteiger partial charge on any atom is -0.338 e. The molecule has 0 saturated carbocycles. The van der Waals surface area contributed by atoms with Gasteiger partial charge in [0.1, 0.15) is 0 Å². The van der Waals surface area contributed by atoms with Crippen LogP contribution in [0.1, 0.15) is 38.0 Å². The predicted octanol–water partition coefficient (Wildman–Crippen LogP) is 2.22. The molecule has 0 aliphatic carbocycles. The van der Waals surface area contributed by atoms with E-state index >= 15 is 0 Å². The predicted molar refractivity (Wildman–Crippen MR) is 50.4 cm³/mol. The van der Waals surface area contributed by atoms with Crippen molar-refractivity contribution in [2.75, 3.05) is 0 Å². The second-order valence-electron chi connectivity index (χ2n) is 3.93. The number of rotatable bonds is 4. The molecule has 0 aliphatic heterocycles. The van der Waals surface area contributed by atoms with Gasteiger partial charge < -0.3 is 10.3 Å². The molecule has 2 N–H and O–H groups in total. The van der Waals surface area contributed by atoms with Gasteiger partial charge in [-0.15, -0.1) is 0 Å². The monoisotopic (exact) mass is 237 g/mol. The molecule has 16 heavy (non-hydrogen) atoms. The Morgan fingerprint density at radius 3 is 2.50 bits per heavy atom. The van der Waals surface area contributed by atoms with Crippen LogP contribution in [-0.2, 0) is 6.42 Å². The molecule has 1 rings (SSSR count). The third-order valence-corrected chi connectivity index (χ3v) is 2.12. The summed E-state index contributed by atoms with van der Waals surface area (Å²) in [7, 11) is 0. The number of hydrogen-bond donors (Lipinski definition) is 1. The highest BCUT2D eigenvalue weighted by Crippen LogP contribution is 2.22. The highest BCUT2D eigenvalue weighted by Gasteiger charge is 2.28. The summed E-state index contributed by atoms with van der Waals surface area (Å²) in [6.45, 7) is 3.73. The summed E-state index contributed by atoms with van der Waals surface area (Å²) in [5.74, 6) is 0.325. The van der Waals surface area contributed by atoms with E-state index in [1.165, 1.54) is 0 Å². The molecule has 92 valence electrons. The fourth-order valence-corrected chi connectivity index (χ4v) is 1.04. The third-order valence-electron chi connectivity index (χ3n) is 2.12. The van der Waals surface area contributed by atoms with Crippen LogP contribution in [-0.4, -0.2) is 16.3 Å². The fraction of sp³-hybridized carbons (Fsp3) is 0.778. The van der Waals surface area contributed by atoms with Gasteiger partial charge in [-0.3, -0.25) is 0 Å². The van der Waals surface area contributed by atoms with Gasteiger partial charge in [0.15, 0.2) is 5.82 Å². The average molecular weight is 237 g/mol. The number of aryl methyl sites for hydroxylation is 1. The molecule has 0 spiro atoms. The van der Waals surface area contributed by atoms with Crippen molar-refractivity contribution in [2.24, 2.45) is 11.7 Å². The Labute approximate surface area is 91.0 Å². The molecule has 4 nitrogen and oxygen atoms in total. The summed E-state index contributed by atoms with van der Waals surface area (Å²) >= 11 is 0. The Balaban J connectivity index is 2.58. The van der Waals surface area contributed by atoms with E-state index in [4.69, 9.17) is 10.3 Å². The normalized spacial score (nSPS) is 14.4. The van der Waals surface area contributed by atoms with Crippen molar-refractivity contribution in [1.29, 1.82) is 0 Å². The van der Waals surface area contributed by atoms with Crippen LogP contribution in [0.15, 0.2) is 4.52 Å². The first-order valence-electron chi connectivity index (χ1n) is 4.94. The van der Waals surface area contributed by atoms with E-state index in [1.54, 1.807) is 0 Å². The van der Waals surface area contributed by atoms with Crippen molar-refractivity contribution in [3.63, 3.8) is 0 Å². The van der Waals surface area contributed by atoms with E-state index in [9.17, 15) is 13.2 Å². The number of nitrogens with two attached hydrogens (primary N) is 1.